The van der Waals surface area contributed by atoms with Crippen molar-refractivity contribution in [3.63, 3.8) is 0 Å². The van der Waals surface area contributed by atoms with Gasteiger partial charge in [-0.25, -0.2) is 0 Å². The molecule has 1 amide bonds. The molecule has 3 heterocycles. The molecule has 146 valence electrons. The zero-order valence-electron chi connectivity index (χ0n) is 15.0. The summed E-state index contributed by atoms with van der Waals surface area (Å²) in [6, 6.07) is 11.2. The molecular formula is C20H19BrN2O4S. The summed E-state index contributed by atoms with van der Waals surface area (Å²) in [6.07, 6.45) is 3.68. The fraction of sp³-hybridized carbons (Fsp3) is 0.300. The van der Waals surface area contributed by atoms with E-state index in [-0.39, 0.29) is 12.0 Å². The summed E-state index contributed by atoms with van der Waals surface area (Å²) >= 11 is 8.71. The van der Waals surface area contributed by atoms with Crippen LogP contribution in [-0.4, -0.2) is 35.2 Å². The molecule has 2 aliphatic rings. The third kappa shape index (κ3) is 4.45. The fourth-order valence-corrected chi connectivity index (χ4v) is 3.78. The van der Waals surface area contributed by atoms with Crippen LogP contribution in [0.25, 0.3) is 6.08 Å². The van der Waals surface area contributed by atoms with E-state index in [2.05, 4.69) is 21.2 Å². The van der Waals surface area contributed by atoms with Crippen molar-refractivity contribution in [2.75, 3.05) is 13.2 Å². The van der Waals surface area contributed by atoms with Gasteiger partial charge in [0.15, 0.2) is 5.11 Å². The Morgan fingerprint density at radius 2 is 2.25 bits per heavy atom. The first-order valence-corrected chi connectivity index (χ1v) is 10.2. The van der Waals surface area contributed by atoms with Crippen LogP contribution in [0.1, 0.15) is 24.4 Å². The maximum Gasteiger partial charge on any atom is 0.276 e. The van der Waals surface area contributed by atoms with E-state index in [1.165, 1.54) is 0 Å². The normalized spacial score (nSPS) is 20.8. The molecule has 0 saturated carbocycles. The van der Waals surface area contributed by atoms with Gasteiger partial charge in [-0.1, -0.05) is 22.0 Å². The van der Waals surface area contributed by atoms with Gasteiger partial charge in [-0.15, -0.1) is 0 Å². The van der Waals surface area contributed by atoms with E-state index in [9.17, 15) is 4.79 Å². The lowest BCUT2D eigenvalue weighted by molar-refractivity contribution is -0.123. The number of hydrogen-bond donors (Lipinski definition) is 1. The Morgan fingerprint density at radius 1 is 1.36 bits per heavy atom. The minimum atomic E-state index is -0.163. The molecule has 2 saturated heterocycles. The molecule has 1 aromatic carbocycles. The molecular weight excluding hydrogens is 444 g/mol. The van der Waals surface area contributed by atoms with Crippen molar-refractivity contribution >= 4 is 45.2 Å². The van der Waals surface area contributed by atoms with Crippen LogP contribution in [0.5, 0.6) is 5.75 Å². The molecule has 28 heavy (non-hydrogen) atoms. The zero-order chi connectivity index (χ0) is 19.5. The molecule has 1 unspecified atom stereocenters. The average Bonchev–Trinajstić information content (AvgIpc) is 3.40. The van der Waals surface area contributed by atoms with Gasteiger partial charge in [0.1, 0.15) is 29.6 Å². The van der Waals surface area contributed by atoms with Gasteiger partial charge in [-0.3, -0.25) is 9.69 Å². The second kappa shape index (κ2) is 8.46. The molecule has 1 N–H and O–H groups in total. The van der Waals surface area contributed by atoms with Gasteiger partial charge in [-0.05, 0) is 55.4 Å². The summed E-state index contributed by atoms with van der Waals surface area (Å²) in [5.74, 6) is 1.80. The number of hydrogen-bond acceptors (Lipinski definition) is 5. The van der Waals surface area contributed by atoms with Crippen LogP contribution in [0.4, 0.5) is 0 Å². The predicted octanol–water partition coefficient (Wildman–Crippen LogP) is 3.86. The third-order valence-corrected chi connectivity index (χ3v) is 5.33. The largest absolute Gasteiger partial charge is 0.486 e. The maximum atomic E-state index is 12.6. The number of amides is 1. The lowest BCUT2D eigenvalue weighted by Crippen LogP contribution is -2.37. The Morgan fingerprint density at radius 3 is 3.04 bits per heavy atom. The van der Waals surface area contributed by atoms with Gasteiger partial charge in [0, 0.05) is 17.2 Å². The molecule has 1 aromatic heterocycles. The van der Waals surface area contributed by atoms with Crippen molar-refractivity contribution in [1.29, 1.82) is 0 Å². The van der Waals surface area contributed by atoms with Gasteiger partial charge < -0.3 is 19.2 Å². The predicted molar refractivity (Wildman–Crippen MR) is 112 cm³/mol. The van der Waals surface area contributed by atoms with Crippen molar-refractivity contribution in [3.8, 4) is 5.75 Å². The molecule has 0 bridgehead atoms. The number of nitrogens with one attached hydrogen (secondary N) is 1. The summed E-state index contributed by atoms with van der Waals surface area (Å²) in [5, 5.41) is 3.37. The Kier molecular flexibility index (Phi) is 5.79. The highest BCUT2D eigenvalue weighted by atomic mass is 79.9. The number of thiocarbonyl (C=S) groups is 1. The van der Waals surface area contributed by atoms with E-state index in [1.54, 1.807) is 17.0 Å². The number of carbonyl (C=O) groups is 1. The molecule has 6 nitrogen and oxygen atoms in total. The van der Waals surface area contributed by atoms with Gasteiger partial charge >= 0.3 is 0 Å². The Balaban J connectivity index is 1.39. The Bertz CT molecular complexity index is 920. The van der Waals surface area contributed by atoms with Crippen LogP contribution < -0.4 is 10.1 Å². The summed E-state index contributed by atoms with van der Waals surface area (Å²) in [5.41, 5.74) is 0.400. The minimum absolute atomic E-state index is 0.0495. The summed E-state index contributed by atoms with van der Waals surface area (Å²) in [6.45, 7) is 1.52. The van der Waals surface area contributed by atoms with Crippen LogP contribution in [0.15, 0.2) is 51.0 Å². The van der Waals surface area contributed by atoms with Crippen LogP contribution in [0.3, 0.4) is 0 Å². The first-order valence-electron chi connectivity index (χ1n) is 9.02. The van der Waals surface area contributed by atoms with Crippen molar-refractivity contribution in [3.05, 3.63) is 58.1 Å². The summed E-state index contributed by atoms with van der Waals surface area (Å²) in [7, 11) is 0. The third-order valence-electron chi connectivity index (χ3n) is 4.52. The smallest absolute Gasteiger partial charge is 0.276 e. The number of ether oxygens (including phenoxy) is 2. The lowest BCUT2D eigenvalue weighted by Gasteiger charge is -2.18. The fourth-order valence-electron chi connectivity index (χ4n) is 3.13. The molecule has 2 aromatic rings. The van der Waals surface area contributed by atoms with Crippen molar-refractivity contribution in [1.82, 2.24) is 10.2 Å². The van der Waals surface area contributed by atoms with Crippen molar-refractivity contribution in [2.24, 2.45) is 0 Å². The van der Waals surface area contributed by atoms with Crippen LogP contribution in [-0.2, 0) is 16.1 Å². The van der Waals surface area contributed by atoms with E-state index in [0.29, 0.717) is 35.5 Å². The van der Waals surface area contributed by atoms with Crippen molar-refractivity contribution < 1.29 is 18.7 Å². The molecule has 8 heteroatoms. The quantitative estimate of drug-likeness (QED) is 0.519. The molecule has 0 aliphatic carbocycles. The monoisotopic (exact) mass is 462 g/mol. The highest BCUT2D eigenvalue weighted by Crippen LogP contribution is 2.22. The number of halogens is 1. The van der Waals surface area contributed by atoms with E-state index in [1.807, 2.05) is 30.3 Å². The first kappa shape index (κ1) is 19.2. The molecule has 2 fully saturated rings. The van der Waals surface area contributed by atoms with E-state index < -0.39 is 0 Å². The van der Waals surface area contributed by atoms with Gasteiger partial charge in [-0.2, -0.15) is 0 Å². The first-order chi connectivity index (χ1) is 13.6. The molecule has 1 atom stereocenters. The number of benzene rings is 1. The topological polar surface area (TPSA) is 63.9 Å². The number of nitrogens with zero attached hydrogens (tertiary/aromatic N) is 1. The van der Waals surface area contributed by atoms with Crippen molar-refractivity contribution in [2.45, 2.75) is 25.6 Å². The van der Waals surface area contributed by atoms with Gasteiger partial charge in [0.2, 0.25) is 0 Å². The van der Waals surface area contributed by atoms with Crippen LogP contribution in [0.2, 0.25) is 0 Å². The van der Waals surface area contributed by atoms with E-state index in [4.69, 9.17) is 26.1 Å². The summed E-state index contributed by atoms with van der Waals surface area (Å²) < 4.78 is 18.0. The van der Waals surface area contributed by atoms with Gasteiger partial charge in [0.25, 0.3) is 5.91 Å². The molecule has 0 spiro atoms. The van der Waals surface area contributed by atoms with E-state index in [0.717, 1.165) is 29.7 Å². The maximum absolute atomic E-state index is 12.6. The minimum Gasteiger partial charge on any atom is -0.486 e. The summed E-state index contributed by atoms with van der Waals surface area (Å²) in [4.78, 5) is 14.2. The molecule has 2 aliphatic heterocycles. The van der Waals surface area contributed by atoms with Gasteiger partial charge in [0.05, 0.1) is 12.6 Å². The molecule has 4 rings (SSSR count). The zero-order valence-corrected chi connectivity index (χ0v) is 17.4. The highest BCUT2D eigenvalue weighted by molar-refractivity contribution is 9.10. The number of furan rings is 1. The SMILES string of the molecule is O=C1/C(=C\c2ccc(COc3cccc(Br)c3)o2)NC(=S)N1CC1CCCO1. The second-order valence-corrected chi connectivity index (χ2v) is 7.89. The van der Waals surface area contributed by atoms with Crippen LogP contribution in [0, 0.1) is 0 Å². The molecule has 0 radical (unpaired) electrons. The lowest BCUT2D eigenvalue weighted by atomic mass is 10.2. The standard InChI is InChI=1S/C20H19BrN2O4S/c21-13-3-1-4-14(9-13)26-12-17-7-6-15(27-17)10-18-19(24)23(20(28)22-18)11-16-5-2-8-25-16/h1,3-4,6-7,9-10,16H,2,5,8,11-12H2,(H,22,28)/b18-10+. The van der Waals surface area contributed by atoms with Crippen LogP contribution >= 0.6 is 28.1 Å². The Labute approximate surface area is 176 Å². The average molecular weight is 463 g/mol. The van der Waals surface area contributed by atoms with E-state index >= 15 is 0 Å². The Hall–Kier alpha value is -2.16. The number of carbonyl (C=O) groups excluding carboxylic acids is 1. The second-order valence-electron chi connectivity index (χ2n) is 6.59. The highest BCUT2D eigenvalue weighted by Gasteiger charge is 2.33. The number of rotatable bonds is 6.